The van der Waals surface area contributed by atoms with Crippen LogP contribution in [0, 0.1) is 30.6 Å². The molecule has 30 heavy (non-hydrogen) atoms. The Bertz CT molecular complexity index is 1090. The van der Waals surface area contributed by atoms with E-state index >= 15 is 0 Å². The third kappa shape index (κ3) is 5.79. The molecule has 0 saturated heterocycles. The molecule has 0 bridgehead atoms. The molecule has 0 aliphatic heterocycles. The zero-order valence-electron chi connectivity index (χ0n) is 18.3. The van der Waals surface area contributed by atoms with Gasteiger partial charge in [0, 0.05) is 22.3 Å². The lowest BCUT2D eigenvalue weighted by atomic mass is 10.00. The SMILES string of the molecule is CC.COc1ccc(C#Cc2ccc(C#Cc3ccc(C)cc3)cc2C2CC2)cc1. The smallest absolute Gasteiger partial charge is 0.118 e. The topological polar surface area (TPSA) is 9.23 Å². The van der Waals surface area contributed by atoms with Gasteiger partial charge in [0.05, 0.1) is 7.11 Å². The van der Waals surface area contributed by atoms with Gasteiger partial charge in [0.2, 0.25) is 0 Å². The van der Waals surface area contributed by atoms with Gasteiger partial charge in [-0.2, -0.15) is 0 Å². The first-order valence-electron chi connectivity index (χ1n) is 10.6. The van der Waals surface area contributed by atoms with Crippen LogP contribution in [0.2, 0.25) is 0 Å². The van der Waals surface area contributed by atoms with Crippen molar-refractivity contribution in [3.8, 4) is 29.4 Å². The Hall–Kier alpha value is -3.42. The van der Waals surface area contributed by atoms with Crippen molar-refractivity contribution in [1.82, 2.24) is 0 Å². The van der Waals surface area contributed by atoms with Crippen LogP contribution in [0.15, 0.2) is 66.7 Å². The zero-order chi connectivity index (χ0) is 21.3. The molecule has 0 radical (unpaired) electrons. The van der Waals surface area contributed by atoms with Gasteiger partial charge < -0.3 is 4.74 Å². The van der Waals surface area contributed by atoms with Crippen molar-refractivity contribution < 1.29 is 4.74 Å². The maximum atomic E-state index is 5.20. The zero-order valence-corrected chi connectivity index (χ0v) is 18.3. The average molecular weight is 393 g/mol. The fourth-order valence-corrected chi connectivity index (χ4v) is 3.08. The van der Waals surface area contributed by atoms with Crippen LogP contribution < -0.4 is 4.74 Å². The number of ether oxygens (including phenoxy) is 1. The molecule has 1 heteroatoms. The minimum atomic E-state index is 0.626. The molecule has 0 amide bonds. The van der Waals surface area contributed by atoms with Crippen LogP contribution in [0.5, 0.6) is 5.75 Å². The summed E-state index contributed by atoms with van der Waals surface area (Å²) in [4.78, 5) is 0. The molecule has 0 spiro atoms. The van der Waals surface area contributed by atoms with Crippen LogP contribution in [0.25, 0.3) is 0 Å². The summed E-state index contributed by atoms with van der Waals surface area (Å²) in [5.41, 5.74) is 6.78. The summed E-state index contributed by atoms with van der Waals surface area (Å²) < 4.78 is 5.20. The van der Waals surface area contributed by atoms with Crippen LogP contribution >= 0.6 is 0 Å². The molecule has 0 unspecified atom stereocenters. The van der Waals surface area contributed by atoms with E-state index in [1.54, 1.807) is 7.11 Å². The number of hydrogen-bond donors (Lipinski definition) is 0. The third-order valence-corrected chi connectivity index (χ3v) is 4.90. The van der Waals surface area contributed by atoms with E-state index in [1.165, 1.54) is 24.0 Å². The molecule has 1 aliphatic carbocycles. The fourth-order valence-electron chi connectivity index (χ4n) is 3.08. The molecule has 3 aromatic rings. The van der Waals surface area contributed by atoms with Gasteiger partial charge in [-0.3, -0.25) is 0 Å². The molecule has 0 aromatic heterocycles. The predicted molar refractivity (Wildman–Crippen MR) is 126 cm³/mol. The first kappa shape index (κ1) is 21.3. The summed E-state index contributed by atoms with van der Waals surface area (Å²) in [5, 5.41) is 0. The van der Waals surface area contributed by atoms with Gasteiger partial charge in [0.15, 0.2) is 0 Å². The summed E-state index contributed by atoms with van der Waals surface area (Å²) in [6, 6.07) is 22.6. The second-order valence-electron chi connectivity index (χ2n) is 7.17. The predicted octanol–water partition coefficient (Wildman–Crippen LogP) is 6.71. The highest BCUT2D eigenvalue weighted by Crippen LogP contribution is 2.41. The number of hydrogen-bond acceptors (Lipinski definition) is 1. The molecule has 150 valence electrons. The molecule has 0 atom stereocenters. The molecule has 0 heterocycles. The van der Waals surface area contributed by atoms with E-state index in [0.717, 1.165) is 28.0 Å². The molecule has 3 aromatic carbocycles. The summed E-state index contributed by atoms with van der Waals surface area (Å²) in [5.74, 6) is 14.7. The number of methoxy groups -OCH3 is 1. The van der Waals surface area contributed by atoms with E-state index < -0.39 is 0 Å². The highest BCUT2D eigenvalue weighted by Gasteiger charge is 2.25. The van der Waals surface area contributed by atoms with E-state index in [9.17, 15) is 0 Å². The van der Waals surface area contributed by atoms with Crippen molar-refractivity contribution >= 4 is 0 Å². The number of aryl methyl sites for hydroxylation is 1. The van der Waals surface area contributed by atoms with Crippen LogP contribution in [-0.4, -0.2) is 7.11 Å². The lowest BCUT2D eigenvalue weighted by Gasteiger charge is -2.04. The fraction of sp³-hybridized carbons (Fsp3) is 0.241. The van der Waals surface area contributed by atoms with Gasteiger partial charge >= 0.3 is 0 Å². The monoisotopic (exact) mass is 392 g/mol. The maximum Gasteiger partial charge on any atom is 0.118 e. The van der Waals surface area contributed by atoms with Gasteiger partial charge in [-0.05, 0) is 85.8 Å². The van der Waals surface area contributed by atoms with Gasteiger partial charge in [-0.25, -0.2) is 0 Å². The second kappa shape index (κ2) is 10.4. The van der Waals surface area contributed by atoms with Gasteiger partial charge in [0.1, 0.15) is 5.75 Å². The highest BCUT2D eigenvalue weighted by molar-refractivity contribution is 5.54. The second-order valence-corrected chi connectivity index (χ2v) is 7.17. The van der Waals surface area contributed by atoms with E-state index in [4.69, 9.17) is 4.74 Å². The van der Waals surface area contributed by atoms with Crippen LogP contribution in [0.1, 0.15) is 66.0 Å². The molecular formula is C29H28O. The summed E-state index contributed by atoms with van der Waals surface area (Å²) in [6.45, 7) is 6.09. The molecule has 1 aliphatic rings. The van der Waals surface area contributed by atoms with Crippen LogP contribution in [0.4, 0.5) is 0 Å². The summed E-state index contributed by atoms with van der Waals surface area (Å²) in [6.07, 6.45) is 2.48. The van der Waals surface area contributed by atoms with Crippen molar-refractivity contribution in [3.63, 3.8) is 0 Å². The van der Waals surface area contributed by atoms with Gasteiger partial charge in [0.25, 0.3) is 0 Å². The van der Waals surface area contributed by atoms with Crippen molar-refractivity contribution in [1.29, 1.82) is 0 Å². The van der Waals surface area contributed by atoms with Gasteiger partial charge in [-0.1, -0.05) is 55.2 Å². The molecule has 4 rings (SSSR count). The Kier molecular flexibility index (Phi) is 7.37. The molecule has 1 saturated carbocycles. The van der Waals surface area contributed by atoms with E-state index in [2.05, 4.69) is 73.1 Å². The highest BCUT2D eigenvalue weighted by atomic mass is 16.5. The van der Waals surface area contributed by atoms with Crippen molar-refractivity contribution in [2.24, 2.45) is 0 Å². The summed E-state index contributed by atoms with van der Waals surface area (Å²) in [7, 11) is 1.67. The van der Waals surface area contributed by atoms with Crippen LogP contribution in [-0.2, 0) is 0 Å². The standard InChI is InChI=1S/C27H22O.C2H6/c1-20-3-5-21(6-4-20)7-8-23-10-14-24(27(19-23)25-15-16-25)13-9-22-11-17-26(28-2)18-12-22;1-2/h3-6,10-12,14,17-19,25H,15-16H2,1-2H3;1-2H3. The Morgan fingerprint density at radius 3 is 1.83 bits per heavy atom. The normalized spacial score (nSPS) is 11.7. The number of benzene rings is 3. The quantitative estimate of drug-likeness (QED) is 0.441. The maximum absolute atomic E-state index is 5.20. The molecule has 1 nitrogen and oxygen atoms in total. The molecule has 1 fully saturated rings. The van der Waals surface area contributed by atoms with Crippen LogP contribution in [0.3, 0.4) is 0 Å². The first-order chi connectivity index (χ1) is 14.7. The third-order valence-electron chi connectivity index (χ3n) is 4.90. The van der Waals surface area contributed by atoms with E-state index in [0.29, 0.717) is 5.92 Å². The lowest BCUT2D eigenvalue weighted by molar-refractivity contribution is 0.415. The Morgan fingerprint density at radius 2 is 1.23 bits per heavy atom. The number of rotatable bonds is 2. The van der Waals surface area contributed by atoms with E-state index in [-0.39, 0.29) is 0 Å². The Labute approximate surface area is 181 Å². The summed E-state index contributed by atoms with van der Waals surface area (Å²) >= 11 is 0. The van der Waals surface area contributed by atoms with Crippen molar-refractivity contribution in [2.45, 2.75) is 39.5 Å². The lowest BCUT2D eigenvalue weighted by Crippen LogP contribution is -1.89. The average Bonchev–Trinajstić information content (AvgIpc) is 3.65. The van der Waals surface area contributed by atoms with E-state index in [1.807, 2.05) is 38.1 Å². The van der Waals surface area contributed by atoms with Crippen molar-refractivity contribution in [3.05, 3.63) is 100 Å². The van der Waals surface area contributed by atoms with Crippen molar-refractivity contribution in [2.75, 3.05) is 7.11 Å². The largest absolute Gasteiger partial charge is 0.497 e. The minimum absolute atomic E-state index is 0.626. The Balaban J connectivity index is 0.00000124. The minimum Gasteiger partial charge on any atom is -0.497 e. The Morgan fingerprint density at radius 1 is 0.700 bits per heavy atom. The molecular weight excluding hydrogens is 364 g/mol. The molecule has 0 N–H and O–H groups in total. The van der Waals surface area contributed by atoms with Gasteiger partial charge in [-0.15, -0.1) is 0 Å². The first-order valence-corrected chi connectivity index (χ1v) is 10.6.